The number of sulfone groups is 1. The van der Waals surface area contributed by atoms with Crippen molar-refractivity contribution in [2.24, 2.45) is 5.73 Å². The van der Waals surface area contributed by atoms with Crippen LogP contribution in [0.1, 0.15) is 39.8 Å². The number of hydrogen-bond donors (Lipinski definition) is 3. The summed E-state index contributed by atoms with van der Waals surface area (Å²) < 4.78 is 27.2. The highest BCUT2D eigenvalue weighted by molar-refractivity contribution is 7.91. The van der Waals surface area contributed by atoms with Gasteiger partial charge in [-0.15, -0.1) is 0 Å². The molecule has 0 saturated carbocycles. The van der Waals surface area contributed by atoms with Gasteiger partial charge in [0.15, 0.2) is 9.84 Å². The second-order valence-electron chi connectivity index (χ2n) is 7.27. The Balaban J connectivity index is 2.07. The van der Waals surface area contributed by atoms with Crippen LogP contribution in [0.15, 0.2) is 83.8 Å². The first kappa shape index (κ1) is 24.4. The van der Waals surface area contributed by atoms with Crippen LogP contribution in [0, 0.1) is 0 Å². The number of amides is 2. The highest BCUT2D eigenvalue weighted by atomic mass is 35.5. The molecule has 0 saturated heterocycles. The van der Waals surface area contributed by atoms with E-state index < -0.39 is 27.2 Å². The first-order valence-corrected chi connectivity index (χ1v) is 12.1. The largest absolute Gasteiger partial charge is 0.368 e. The molecule has 0 aliphatic rings. The molecule has 9 heteroatoms. The fourth-order valence-corrected chi connectivity index (χ4v) is 5.08. The Labute approximate surface area is 197 Å². The molecule has 0 aromatic heterocycles. The first-order valence-electron chi connectivity index (χ1n) is 10.2. The second kappa shape index (κ2) is 10.6. The lowest BCUT2D eigenvalue weighted by Crippen LogP contribution is -2.39. The Hall–Kier alpha value is -3.20. The fourth-order valence-electron chi connectivity index (χ4n) is 3.34. The van der Waals surface area contributed by atoms with Crippen molar-refractivity contribution in [2.75, 3.05) is 6.54 Å². The maximum Gasteiger partial charge on any atom is 0.251 e. The van der Waals surface area contributed by atoms with Crippen LogP contribution in [-0.2, 0) is 14.6 Å². The number of hydrogen-bond acceptors (Lipinski definition) is 5. The highest BCUT2D eigenvalue weighted by Gasteiger charge is 2.33. The number of primary amides is 1. The van der Waals surface area contributed by atoms with Crippen molar-refractivity contribution < 1.29 is 18.0 Å². The summed E-state index contributed by atoms with van der Waals surface area (Å²) in [6.07, 6.45) is 0. The zero-order valence-electron chi connectivity index (χ0n) is 17.9. The van der Waals surface area contributed by atoms with Gasteiger partial charge in [0.2, 0.25) is 5.91 Å². The molecule has 3 rings (SSSR count). The van der Waals surface area contributed by atoms with Crippen LogP contribution < -0.4 is 16.4 Å². The first-order chi connectivity index (χ1) is 15.7. The third-order valence-electron chi connectivity index (χ3n) is 5.00. The van der Waals surface area contributed by atoms with Gasteiger partial charge >= 0.3 is 0 Å². The van der Waals surface area contributed by atoms with Gasteiger partial charge in [0.25, 0.3) is 5.91 Å². The topological polar surface area (TPSA) is 118 Å². The zero-order valence-corrected chi connectivity index (χ0v) is 19.4. The van der Waals surface area contributed by atoms with E-state index in [1.54, 1.807) is 49.4 Å². The molecule has 0 fully saturated rings. The lowest BCUT2D eigenvalue weighted by atomic mass is 10.1. The number of nitrogens with two attached hydrogens (primary N) is 1. The molecule has 3 aromatic carbocycles. The number of nitrogens with one attached hydrogen (secondary N) is 2. The van der Waals surface area contributed by atoms with Crippen molar-refractivity contribution in [3.63, 3.8) is 0 Å². The lowest BCUT2D eigenvalue weighted by Gasteiger charge is -2.25. The van der Waals surface area contributed by atoms with E-state index in [1.807, 2.05) is 0 Å². The molecule has 33 heavy (non-hydrogen) atoms. The van der Waals surface area contributed by atoms with Gasteiger partial charge in [0, 0.05) is 17.1 Å². The second-order valence-corrected chi connectivity index (χ2v) is 9.74. The summed E-state index contributed by atoms with van der Waals surface area (Å²) in [5.41, 5.74) is 6.89. The molecule has 2 atom stereocenters. The Morgan fingerprint density at radius 2 is 1.52 bits per heavy atom. The van der Waals surface area contributed by atoms with Gasteiger partial charge in [0.05, 0.1) is 4.90 Å². The van der Waals surface area contributed by atoms with Crippen LogP contribution in [0.3, 0.4) is 0 Å². The van der Waals surface area contributed by atoms with Gasteiger partial charge in [0.1, 0.15) is 11.4 Å². The Kier molecular flexibility index (Phi) is 7.86. The minimum Gasteiger partial charge on any atom is -0.368 e. The molecule has 0 bridgehead atoms. The van der Waals surface area contributed by atoms with E-state index in [4.69, 9.17) is 17.3 Å². The van der Waals surface area contributed by atoms with Gasteiger partial charge in [-0.1, -0.05) is 54.1 Å². The van der Waals surface area contributed by atoms with Crippen LogP contribution in [-0.4, -0.2) is 26.8 Å². The number of carbonyl (C=O) groups excluding carboxylic acids is 2. The van der Waals surface area contributed by atoms with E-state index in [-0.39, 0.29) is 10.8 Å². The minimum absolute atomic E-state index is 0.0217. The molecular formula is C24H24ClN3O4S. The zero-order chi connectivity index (χ0) is 24.0. The molecule has 7 nitrogen and oxygen atoms in total. The van der Waals surface area contributed by atoms with Crippen LogP contribution >= 0.6 is 11.6 Å². The predicted octanol–water partition coefficient (Wildman–Crippen LogP) is 3.38. The standard InChI is InChI=1S/C24H24ClN3O4S/c1-2-27-23(30)17-8-10-18(11-9-17)24(33(31,32)20-14-12-19(25)13-15-20)28-21(22(26)29)16-6-4-3-5-7-16/h3-15,21,24,28H,2H2,1H3,(H2,26,29)(H,27,30)/t21-,24-/m1/s1. The summed E-state index contributed by atoms with van der Waals surface area (Å²) in [4.78, 5) is 24.4. The quantitative estimate of drug-likeness (QED) is 0.429. The molecule has 2 amide bonds. The summed E-state index contributed by atoms with van der Waals surface area (Å²) in [6.45, 7) is 2.27. The molecule has 0 spiro atoms. The van der Waals surface area contributed by atoms with E-state index in [0.29, 0.717) is 28.3 Å². The smallest absolute Gasteiger partial charge is 0.251 e. The summed E-state index contributed by atoms with van der Waals surface area (Å²) in [5.74, 6) is -0.995. The molecule has 0 aliphatic heterocycles. The molecule has 0 unspecified atom stereocenters. The number of rotatable bonds is 9. The molecule has 3 aromatic rings. The van der Waals surface area contributed by atoms with Crippen molar-refractivity contribution in [1.82, 2.24) is 10.6 Å². The van der Waals surface area contributed by atoms with Crippen LogP contribution in [0.4, 0.5) is 0 Å². The highest BCUT2D eigenvalue weighted by Crippen LogP contribution is 2.30. The van der Waals surface area contributed by atoms with Gasteiger partial charge in [-0.25, -0.2) is 8.42 Å². The maximum absolute atomic E-state index is 13.6. The van der Waals surface area contributed by atoms with Crippen LogP contribution in [0.2, 0.25) is 5.02 Å². The average Bonchev–Trinajstić information content (AvgIpc) is 2.80. The average molecular weight is 486 g/mol. The fraction of sp³-hybridized carbons (Fsp3) is 0.167. The van der Waals surface area contributed by atoms with Gasteiger partial charge in [-0.2, -0.15) is 0 Å². The third-order valence-corrected chi connectivity index (χ3v) is 7.21. The minimum atomic E-state index is -4.03. The number of carbonyl (C=O) groups is 2. The normalized spacial score (nSPS) is 13.2. The van der Waals surface area contributed by atoms with E-state index in [1.165, 1.54) is 36.4 Å². The molecular weight excluding hydrogens is 462 g/mol. The van der Waals surface area contributed by atoms with E-state index in [2.05, 4.69) is 10.6 Å². The van der Waals surface area contributed by atoms with Gasteiger partial charge in [-0.3, -0.25) is 14.9 Å². The summed E-state index contributed by atoms with van der Waals surface area (Å²) in [7, 11) is -4.03. The van der Waals surface area contributed by atoms with Crippen molar-refractivity contribution in [3.05, 3.63) is 101 Å². The monoisotopic (exact) mass is 485 g/mol. The van der Waals surface area contributed by atoms with Crippen LogP contribution in [0.5, 0.6) is 0 Å². The maximum atomic E-state index is 13.6. The lowest BCUT2D eigenvalue weighted by molar-refractivity contribution is -0.120. The Morgan fingerprint density at radius 3 is 2.06 bits per heavy atom. The Bertz CT molecular complexity index is 1210. The molecule has 0 radical (unpaired) electrons. The summed E-state index contributed by atoms with van der Waals surface area (Å²) in [5, 5.41) is 4.68. The van der Waals surface area contributed by atoms with Crippen molar-refractivity contribution in [3.8, 4) is 0 Å². The van der Waals surface area contributed by atoms with E-state index >= 15 is 0 Å². The molecule has 4 N–H and O–H groups in total. The molecule has 0 heterocycles. The number of benzene rings is 3. The Morgan fingerprint density at radius 1 is 0.909 bits per heavy atom. The van der Waals surface area contributed by atoms with Crippen molar-refractivity contribution >= 4 is 33.3 Å². The predicted molar refractivity (Wildman–Crippen MR) is 127 cm³/mol. The summed E-state index contributed by atoms with van der Waals surface area (Å²) in [6, 6.07) is 19.5. The van der Waals surface area contributed by atoms with Crippen LogP contribution in [0.25, 0.3) is 0 Å². The van der Waals surface area contributed by atoms with E-state index in [9.17, 15) is 18.0 Å². The SMILES string of the molecule is CCNC(=O)c1ccc([C@H](N[C@@H](C(N)=O)c2ccccc2)S(=O)(=O)c2ccc(Cl)cc2)cc1. The molecule has 172 valence electrons. The third kappa shape index (κ3) is 5.78. The van der Waals surface area contributed by atoms with Crippen molar-refractivity contribution in [2.45, 2.75) is 23.2 Å². The van der Waals surface area contributed by atoms with Gasteiger partial charge < -0.3 is 11.1 Å². The van der Waals surface area contributed by atoms with Gasteiger partial charge in [-0.05, 0) is 54.4 Å². The van der Waals surface area contributed by atoms with Crippen molar-refractivity contribution in [1.29, 1.82) is 0 Å². The summed E-state index contributed by atoms with van der Waals surface area (Å²) >= 11 is 5.93. The van der Waals surface area contributed by atoms with E-state index in [0.717, 1.165) is 0 Å². The molecule has 0 aliphatic carbocycles. The number of halogens is 1.